The number of rotatable bonds is 10. The van der Waals surface area contributed by atoms with Gasteiger partial charge in [-0.1, -0.05) is 103 Å². The van der Waals surface area contributed by atoms with Crippen molar-refractivity contribution >= 4 is 5.97 Å². The van der Waals surface area contributed by atoms with Gasteiger partial charge in [0.15, 0.2) is 0 Å². The molecule has 2 nitrogen and oxygen atoms in total. The highest BCUT2D eigenvalue weighted by atomic mass is 16.5. The number of ether oxygens (including phenoxy) is 1. The van der Waals surface area contributed by atoms with Crippen LogP contribution in [0, 0.1) is 0 Å². The maximum absolute atomic E-state index is 11.5. The van der Waals surface area contributed by atoms with Crippen molar-refractivity contribution in [3.8, 4) is 0 Å². The van der Waals surface area contributed by atoms with Gasteiger partial charge in [0.05, 0.1) is 6.61 Å². The largest absolute Gasteiger partial charge is 0.466 e. The van der Waals surface area contributed by atoms with Crippen molar-refractivity contribution in [2.24, 2.45) is 0 Å². The van der Waals surface area contributed by atoms with E-state index in [1.165, 1.54) is 16.7 Å². The summed E-state index contributed by atoms with van der Waals surface area (Å²) in [5.74, 6) is -0.113. The molecule has 3 rings (SSSR count). The minimum Gasteiger partial charge on any atom is -0.466 e. The summed E-state index contributed by atoms with van der Waals surface area (Å²) in [7, 11) is 0. The number of hydrogen-bond acceptors (Lipinski definition) is 2. The number of esters is 1. The molecule has 0 amide bonds. The summed E-state index contributed by atoms with van der Waals surface area (Å²) in [6.07, 6.45) is 7.46. The molecule has 0 saturated heterocycles. The average Bonchev–Trinajstić information content (AvgIpc) is 2.81. The molecule has 3 aromatic rings. The minimum absolute atomic E-state index is 0.113. The van der Waals surface area contributed by atoms with E-state index in [0.29, 0.717) is 13.0 Å². The molecule has 0 unspecified atom stereocenters. The normalized spacial score (nSPS) is 11.5. The van der Waals surface area contributed by atoms with Gasteiger partial charge >= 0.3 is 5.97 Å². The highest BCUT2D eigenvalue weighted by molar-refractivity contribution is 5.69. The van der Waals surface area contributed by atoms with Crippen molar-refractivity contribution in [3.63, 3.8) is 0 Å². The predicted octanol–water partition coefficient (Wildman–Crippen LogP) is 6.70. The SMILES string of the molecule is CCOC(=O)CCCC=CCC(c1ccccc1)(c1ccccc1)c1ccccc1. The summed E-state index contributed by atoms with van der Waals surface area (Å²) in [6, 6.07) is 32.2. The van der Waals surface area contributed by atoms with E-state index in [4.69, 9.17) is 4.74 Å². The van der Waals surface area contributed by atoms with Gasteiger partial charge in [0.1, 0.15) is 0 Å². The van der Waals surface area contributed by atoms with Crippen LogP contribution in [0.5, 0.6) is 0 Å². The zero-order valence-corrected chi connectivity index (χ0v) is 17.7. The topological polar surface area (TPSA) is 26.3 Å². The molecule has 154 valence electrons. The molecule has 0 aliphatic carbocycles. The fraction of sp³-hybridized carbons (Fsp3) is 0.250. The highest BCUT2D eigenvalue weighted by Crippen LogP contribution is 2.42. The van der Waals surface area contributed by atoms with Crippen molar-refractivity contribution < 1.29 is 9.53 Å². The summed E-state index contributed by atoms with van der Waals surface area (Å²) < 4.78 is 5.01. The van der Waals surface area contributed by atoms with E-state index in [2.05, 4.69) is 103 Å². The van der Waals surface area contributed by atoms with Crippen molar-refractivity contribution in [1.29, 1.82) is 0 Å². The zero-order chi connectivity index (χ0) is 21.1. The molecule has 0 fully saturated rings. The first-order chi connectivity index (χ1) is 14.8. The summed E-state index contributed by atoms with van der Waals surface area (Å²) in [5, 5.41) is 0. The van der Waals surface area contributed by atoms with Gasteiger partial charge in [-0.3, -0.25) is 4.79 Å². The van der Waals surface area contributed by atoms with Crippen LogP contribution in [0.25, 0.3) is 0 Å². The van der Waals surface area contributed by atoms with Crippen molar-refractivity contribution in [2.75, 3.05) is 6.61 Å². The molecular weight excluding hydrogens is 368 g/mol. The molecule has 0 radical (unpaired) electrons. The van der Waals surface area contributed by atoms with Gasteiger partial charge in [-0.25, -0.2) is 0 Å². The molecular formula is C28H30O2. The van der Waals surface area contributed by atoms with E-state index in [1.807, 2.05) is 6.92 Å². The number of benzene rings is 3. The van der Waals surface area contributed by atoms with Gasteiger partial charge in [0.2, 0.25) is 0 Å². The Bertz CT molecular complexity index is 818. The number of unbranched alkanes of at least 4 members (excludes halogenated alkanes) is 1. The standard InChI is InChI=1S/C28H30O2/c1-2-30-27(29)22-14-3-4-15-23-28(24-16-8-5-9-17-24,25-18-10-6-11-19-25)26-20-12-7-13-21-26/h4-13,15-21H,2-3,14,22-23H2,1H3. The van der Waals surface area contributed by atoms with Gasteiger partial charge in [-0.15, -0.1) is 0 Å². The van der Waals surface area contributed by atoms with E-state index in [1.54, 1.807) is 0 Å². The van der Waals surface area contributed by atoms with Gasteiger partial charge < -0.3 is 4.74 Å². The molecule has 0 spiro atoms. The van der Waals surface area contributed by atoms with Crippen LogP contribution in [0.2, 0.25) is 0 Å². The lowest BCUT2D eigenvalue weighted by molar-refractivity contribution is -0.143. The van der Waals surface area contributed by atoms with Crippen molar-refractivity contribution in [3.05, 3.63) is 120 Å². The second-order valence-corrected chi connectivity index (χ2v) is 7.38. The van der Waals surface area contributed by atoms with Crippen LogP contribution >= 0.6 is 0 Å². The molecule has 0 aliphatic heterocycles. The third kappa shape index (κ3) is 5.27. The molecule has 0 heterocycles. The molecule has 0 atom stereocenters. The summed E-state index contributed by atoms with van der Waals surface area (Å²) >= 11 is 0. The Kier molecular flexibility index (Phi) is 8.02. The van der Waals surface area contributed by atoms with Crippen molar-refractivity contribution in [2.45, 2.75) is 38.0 Å². The first-order valence-corrected chi connectivity index (χ1v) is 10.7. The fourth-order valence-electron chi connectivity index (χ4n) is 4.00. The van der Waals surface area contributed by atoms with E-state index >= 15 is 0 Å². The van der Waals surface area contributed by atoms with E-state index < -0.39 is 0 Å². The maximum atomic E-state index is 11.5. The number of hydrogen-bond donors (Lipinski definition) is 0. The van der Waals surface area contributed by atoms with Gasteiger partial charge in [0, 0.05) is 11.8 Å². The first kappa shape index (κ1) is 21.6. The Balaban J connectivity index is 1.90. The summed E-state index contributed by atoms with van der Waals surface area (Å²) in [5.41, 5.74) is 3.57. The second-order valence-electron chi connectivity index (χ2n) is 7.38. The van der Waals surface area contributed by atoms with Crippen LogP contribution in [-0.4, -0.2) is 12.6 Å². The third-order valence-electron chi connectivity index (χ3n) is 5.45. The Morgan fingerprint density at radius 3 is 1.67 bits per heavy atom. The van der Waals surface area contributed by atoms with E-state index in [0.717, 1.165) is 19.3 Å². The Morgan fingerprint density at radius 2 is 1.23 bits per heavy atom. The number of carbonyl (C=O) groups excluding carboxylic acids is 1. The van der Waals surface area contributed by atoms with E-state index in [-0.39, 0.29) is 11.4 Å². The number of carbonyl (C=O) groups is 1. The van der Waals surface area contributed by atoms with Crippen LogP contribution in [0.1, 0.15) is 49.3 Å². The predicted molar refractivity (Wildman–Crippen MR) is 123 cm³/mol. The van der Waals surface area contributed by atoms with Crippen LogP contribution in [-0.2, 0) is 14.9 Å². The molecule has 0 aliphatic rings. The second kappa shape index (κ2) is 11.2. The Labute approximate surface area is 180 Å². The molecule has 0 bridgehead atoms. The van der Waals surface area contributed by atoms with Crippen LogP contribution in [0.15, 0.2) is 103 Å². The lowest BCUT2D eigenvalue weighted by atomic mass is 9.67. The van der Waals surface area contributed by atoms with Crippen LogP contribution in [0.4, 0.5) is 0 Å². The summed E-state index contributed by atoms with van der Waals surface area (Å²) in [6.45, 7) is 2.29. The molecule has 2 heteroatoms. The Hall–Kier alpha value is -3.13. The molecule has 3 aromatic carbocycles. The number of allylic oxidation sites excluding steroid dienone is 2. The molecule has 30 heavy (non-hydrogen) atoms. The lowest BCUT2D eigenvalue weighted by Gasteiger charge is -2.35. The smallest absolute Gasteiger partial charge is 0.305 e. The fourth-order valence-corrected chi connectivity index (χ4v) is 4.00. The highest BCUT2D eigenvalue weighted by Gasteiger charge is 2.34. The van der Waals surface area contributed by atoms with Crippen molar-refractivity contribution in [1.82, 2.24) is 0 Å². The minimum atomic E-state index is -0.262. The molecule has 0 saturated carbocycles. The third-order valence-corrected chi connectivity index (χ3v) is 5.45. The monoisotopic (exact) mass is 398 g/mol. The van der Waals surface area contributed by atoms with Gasteiger partial charge in [-0.05, 0) is 42.9 Å². The van der Waals surface area contributed by atoms with Gasteiger partial charge in [0.25, 0.3) is 0 Å². The van der Waals surface area contributed by atoms with Crippen LogP contribution < -0.4 is 0 Å². The Morgan fingerprint density at radius 1 is 0.767 bits per heavy atom. The summed E-state index contributed by atoms with van der Waals surface area (Å²) in [4.78, 5) is 11.5. The molecule has 0 aromatic heterocycles. The van der Waals surface area contributed by atoms with E-state index in [9.17, 15) is 4.79 Å². The maximum Gasteiger partial charge on any atom is 0.305 e. The zero-order valence-electron chi connectivity index (χ0n) is 17.7. The van der Waals surface area contributed by atoms with Crippen LogP contribution in [0.3, 0.4) is 0 Å². The van der Waals surface area contributed by atoms with Gasteiger partial charge in [-0.2, -0.15) is 0 Å². The first-order valence-electron chi connectivity index (χ1n) is 10.7. The average molecular weight is 399 g/mol. The lowest BCUT2D eigenvalue weighted by Crippen LogP contribution is -2.28. The molecule has 0 N–H and O–H groups in total. The quantitative estimate of drug-likeness (QED) is 0.164.